The van der Waals surface area contributed by atoms with Crippen molar-refractivity contribution in [2.45, 2.75) is 34.2 Å². The number of ether oxygens (including phenoxy) is 2. The molecule has 0 unspecified atom stereocenters. The fraction of sp³-hybridized carbons (Fsp3) is 0.588. The largest absolute Gasteiger partial charge is 0.493 e. The van der Waals surface area contributed by atoms with E-state index in [1.54, 1.807) is 7.11 Å². The first-order valence-corrected chi connectivity index (χ1v) is 7.92. The Kier molecular flexibility index (Phi) is 8.18. The number of aliphatic imine (C=N–C) groups is 1. The van der Waals surface area contributed by atoms with Gasteiger partial charge in [-0.2, -0.15) is 0 Å². The van der Waals surface area contributed by atoms with Gasteiger partial charge in [-0.1, -0.05) is 19.9 Å². The molecule has 0 radical (unpaired) electrons. The van der Waals surface area contributed by atoms with E-state index in [0.29, 0.717) is 19.1 Å². The maximum atomic E-state index is 5.53. The number of nitrogens with zero attached hydrogens (tertiary/aromatic N) is 1. The lowest BCUT2D eigenvalue weighted by Crippen LogP contribution is -2.39. The highest BCUT2D eigenvalue weighted by molar-refractivity contribution is 5.79. The van der Waals surface area contributed by atoms with E-state index in [1.807, 2.05) is 25.1 Å². The van der Waals surface area contributed by atoms with Gasteiger partial charge in [-0.15, -0.1) is 0 Å². The Morgan fingerprint density at radius 3 is 2.55 bits per heavy atom. The summed E-state index contributed by atoms with van der Waals surface area (Å²) in [5.41, 5.74) is 1.09. The van der Waals surface area contributed by atoms with E-state index < -0.39 is 0 Å². The molecule has 0 fully saturated rings. The second-order valence-electron chi connectivity index (χ2n) is 5.39. The van der Waals surface area contributed by atoms with Crippen molar-refractivity contribution in [3.63, 3.8) is 0 Å². The Balaban J connectivity index is 2.76. The van der Waals surface area contributed by atoms with Crippen LogP contribution in [-0.2, 0) is 6.54 Å². The van der Waals surface area contributed by atoms with Crippen molar-refractivity contribution in [3.8, 4) is 11.5 Å². The van der Waals surface area contributed by atoms with Gasteiger partial charge in [0.25, 0.3) is 0 Å². The zero-order valence-electron chi connectivity index (χ0n) is 14.4. The molecule has 0 saturated carbocycles. The number of benzene rings is 1. The van der Waals surface area contributed by atoms with Gasteiger partial charge in [-0.25, -0.2) is 4.99 Å². The van der Waals surface area contributed by atoms with Gasteiger partial charge in [-0.3, -0.25) is 0 Å². The van der Waals surface area contributed by atoms with E-state index in [9.17, 15) is 0 Å². The Labute approximate surface area is 134 Å². The van der Waals surface area contributed by atoms with Crippen LogP contribution in [0.5, 0.6) is 11.5 Å². The van der Waals surface area contributed by atoms with Crippen LogP contribution in [0.1, 0.15) is 33.3 Å². The smallest absolute Gasteiger partial charge is 0.191 e. The first-order chi connectivity index (χ1) is 10.6. The number of nitrogens with one attached hydrogen (secondary N) is 2. The van der Waals surface area contributed by atoms with Crippen LogP contribution in [0.4, 0.5) is 0 Å². The molecule has 22 heavy (non-hydrogen) atoms. The Morgan fingerprint density at radius 2 is 1.95 bits per heavy atom. The van der Waals surface area contributed by atoms with E-state index in [1.165, 1.54) is 0 Å². The Bertz CT molecular complexity index is 473. The molecule has 5 heteroatoms. The van der Waals surface area contributed by atoms with Crippen molar-refractivity contribution in [1.82, 2.24) is 10.6 Å². The minimum atomic E-state index is 0.578. The number of methoxy groups -OCH3 is 1. The van der Waals surface area contributed by atoms with Crippen LogP contribution in [0.3, 0.4) is 0 Å². The standard InChI is InChI=1S/C17H29N3O2/c1-6-18-17(19-11-13(3)4)20-12-14-8-9-15(22-7-2)16(10-14)21-5/h8-10,13H,6-7,11-12H2,1-5H3,(H2,18,19,20). The van der Waals surface area contributed by atoms with Gasteiger partial charge in [0.15, 0.2) is 17.5 Å². The molecule has 0 amide bonds. The molecule has 124 valence electrons. The second-order valence-corrected chi connectivity index (χ2v) is 5.39. The maximum Gasteiger partial charge on any atom is 0.191 e. The van der Waals surface area contributed by atoms with Crippen molar-refractivity contribution in [2.75, 3.05) is 26.8 Å². The van der Waals surface area contributed by atoms with Gasteiger partial charge in [0, 0.05) is 13.1 Å². The maximum absolute atomic E-state index is 5.53. The minimum absolute atomic E-state index is 0.578. The van der Waals surface area contributed by atoms with Crippen LogP contribution in [-0.4, -0.2) is 32.8 Å². The number of rotatable bonds is 8. The van der Waals surface area contributed by atoms with Gasteiger partial charge in [0.05, 0.1) is 20.3 Å². The highest BCUT2D eigenvalue weighted by Gasteiger charge is 2.05. The van der Waals surface area contributed by atoms with Crippen molar-refractivity contribution in [3.05, 3.63) is 23.8 Å². The summed E-state index contributed by atoms with van der Waals surface area (Å²) < 4.78 is 10.9. The minimum Gasteiger partial charge on any atom is -0.493 e. The van der Waals surface area contributed by atoms with Crippen LogP contribution in [0, 0.1) is 5.92 Å². The van der Waals surface area contributed by atoms with Crippen LogP contribution in [0.15, 0.2) is 23.2 Å². The monoisotopic (exact) mass is 307 g/mol. The van der Waals surface area contributed by atoms with Crippen LogP contribution in [0.2, 0.25) is 0 Å². The topological polar surface area (TPSA) is 54.9 Å². The molecule has 0 atom stereocenters. The van der Waals surface area contributed by atoms with E-state index in [-0.39, 0.29) is 0 Å². The predicted molar refractivity (Wildman–Crippen MR) is 91.8 cm³/mol. The SMILES string of the molecule is CCNC(=NCc1ccc(OCC)c(OC)c1)NCC(C)C. The predicted octanol–water partition coefficient (Wildman–Crippen LogP) is 2.81. The molecule has 1 aromatic carbocycles. The van der Waals surface area contributed by atoms with Gasteiger partial charge < -0.3 is 20.1 Å². The second kappa shape index (κ2) is 9.92. The molecular formula is C17H29N3O2. The van der Waals surface area contributed by atoms with Crippen molar-refractivity contribution in [1.29, 1.82) is 0 Å². The lowest BCUT2D eigenvalue weighted by atomic mass is 10.2. The Hall–Kier alpha value is -1.91. The number of guanidine groups is 1. The summed E-state index contributed by atoms with van der Waals surface area (Å²) in [7, 11) is 1.65. The third-order valence-corrected chi connectivity index (χ3v) is 2.97. The van der Waals surface area contributed by atoms with E-state index >= 15 is 0 Å². The normalized spacial score (nSPS) is 11.5. The molecular weight excluding hydrogens is 278 g/mol. The van der Waals surface area contributed by atoms with Crippen LogP contribution >= 0.6 is 0 Å². The lowest BCUT2D eigenvalue weighted by molar-refractivity contribution is 0.310. The zero-order valence-corrected chi connectivity index (χ0v) is 14.4. The summed E-state index contributed by atoms with van der Waals surface area (Å²) in [6, 6.07) is 5.92. The molecule has 0 spiro atoms. The van der Waals surface area contributed by atoms with E-state index in [2.05, 4.69) is 36.4 Å². The van der Waals surface area contributed by atoms with Gasteiger partial charge in [0.2, 0.25) is 0 Å². The van der Waals surface area contributed by atoms with Gasteiger partial charge >= 0.3 is 0 Å². The highest BCUT2D eigenvalue weighted by Crippen LogP contribution is 2.28. The third-order valence-electron chi connectivity index (χ3n) is 2.97. The highest BCUT2D eigenvalue weighted by atomic mass is 16.5. The third kappa shape index (κ3) is 6.24. The van der Waals surface area contributed by atoms with E-state index in [4.69, 9.17) is 9.47 Å². The van der Waals surface area contributed by atoms with Crippen molar-refractivity contribution < 1.29 is 9.47 Å². The van der Waals surface area contributed by atoms with E-state index in [0.717, 1.165) is 36.1 Å². The summed E-state index contributed by atoms with van der Waals surface area (Å²) in [5, 5.41) is 6.59. The molecule has 1 aromatic rings. The fourth-order valence-corrected chi connectivity index (χ4v) is 1.90. The summed E-state index contributed by atoms with van der Waals surface area (Å²) in [4.78, 5) is 4.60. The summed E-state index contributed by atoms with van der Waals surface area (Å²) >= 11 is 0. The van der Waals surface area contributed by atoms with Gasteiger partial charge in [-0.05, 0) is 37.5 Å². The fourth-order valence-electron chi connectivity index (χ4n) is 1.90. The molecule has 0 aliphatic carbocycles. The number of hydrogen-bond acceptors (Lipinski definition) is 3. The average molecular weight is 307 g/mol. The summed E-state index contributed by atoms with van der Waals surface area (Å²) in [5.74, 6) is 2.93. The zero-order chi connectivity index (χ0) is 16.4. The molecule has 0 heterocycles. The van der Waals surface area contributed by atoms with Crippen molar-refractivity contribution >= 4 is 5.96 Å². The first-order valence-electron chi connectivity index (χ1n) is 7.92. The average Bonchev–Trinajstić information content (AvgIpc) is 2.51. The Morgan fingerprint density at radius 1 is 1.18 bits per heavy atom. The summed E-state index contributed by atoms with van der Waals surface area (Å²) in [6.07, 6.45) is 0. The molecule has 0 aliphatic heterocycles. The first kappa shape index (κ1) is 18.1. The molecule has 1 rings (SSSR count). The molecule has 2 N–H and O–H groups in total. The molecule has 0 saturated heterocycles. The molecule has 5 nitrogen and oxygen atoms in total. The van der Waals surface area contributed by atoms with Gasteiger partial charge in [0.1, 0.15) is 0 Å². The molecule has 0 bridgehead atoms. The molecule has 0 aliphatic rings. The van der Waals surface area contributed by atoms with Crippen molar-refractivity contribution in [2.24, 2.45) is 10.9 Å². The van der Waals surface area contributed by atoms with Crippen LogP contribution < -0.4 is 20.1 Å². The quantitative estimate of drug-likeness (QED) is 0.573. The molecule has 0 aromatic heterocycles. The number of hydrogen-bond donors (Lipinski definition) is 2. The lowest BCUT2D eigenvalue weighted by Gasteiger charge is -2.13. The summed E-state index contributed by atoms with van der Waals surface area (Å²) in [6.45, 7) is 11.3. The van der Waals surface area contributed by atoms with Crippen LogP contribution in [0.25, 0.3) is 0 Å².